The van der Waals surface area contributed by atoms with Gasteiger partial charge in [-0.3, -0.25) is 0 Å². The molecule has 0 aliphatic carbocycles. The number of nitrogens with two attached hydrogens (primary N) is 1. The van der Waals surface area contributed by atoms with Crippen LogP contribution < -0.4 is 10.5 Å². The van der Waals surface area contributed by atoms with E-state index in [1.807, 2.05) is 31.2 Å². The second-order valence-corrected chi connectivity index (χ2v) is 4.28. The Bertz CT molecular complexity index is 486. The van der Waals surface area contributed by atoms with Crippen molar-refractivity contribution in [3.05, 3.63) is 29.8 Å². The van der Waals surface area contributed by atoms with Crippen molar-refractivity contribution in [2.75, 3.05) is 12.3 Å². The summed E-state index contributed by atoms with van der Waals surface area (Å²) in [4.78, 5) is 4.03. The van der Waals surface area contributed by atoms with Gasteiger partial charge in [0.2, 0.25) is 11.1 Å². The van der Waals surface area contributed by atoms with Crippen LogP contribution >= 0.6 is 11.8 Å². The zero-order chi connectivity index (χ0) is 12.1. The number of thioether (sulfide) groups is 1. The summed E-state index contributed by atoms with van der Waals surface area (Å²) in [5, 5.41) is 7.22. The van der Waals surface area contributed by atoms with Crippen LogP contribution in [0.2, 0.25) is 0 Å². The molecule has 0 spiro atoms. The maximum atomic E-state index is 5.54. The molecule has 3 N–H and O–H groups in total. The predicted molar refractivity (Wildman–Crippen MR) is 68.0 cm³/mol. The first-order chi connectivity index (χ1) is 8.29. The van der Waals surface area contributed by atoms with Gasteiger partial charge in [0.25, 0.3) is 0 Å². The molecule has 0 bridgehead atoms. The lowest BCUT2D eigenvalue weighted by Gasteiger charge is -2.08. The first-order valence-electron chi connectivity index (χ1n) is 5.31. The third-order valence-electron chi connectivity index (χ3n) is 2.11. The second-order valence-electron chi connectivity index (χ2n) is 3.33. The van der Waals surface area contributed by atoms with Crippen molar-refractivity contribution in [3.8, 4) is 5.75 Å². The van der Waals surface area contributed by atoms with E-state index in [9.17, 15) is 0 Å². The molecule has 1 aromatic heterocycles. The maximum Gasteiger partial charge on any atom is 0.216 e. The summed E-state index contributed by atoms with van der Waals surface area (Å²) in [6, 6.07) is 7.95. The molecule has 0 saturated heterocycles. The Kier molecular flexibility index (Phi) is 3.87. The number of hydrogen-bond acceptors (Lipinski definition) is 5. The van der Waals surface area contributed by atoms with Crippen molar-refractivity contribution in [2.24, 2.45) is 0 Å². The highest BCUT2D eigenvalue weighted by molar-refractivity contribution is 7.98. The molecule has 0 saturated carbocycles. The van der Waals surface area contributed by atoms with E-state index in [1.165, 1.54) is 11.8 Å². The van der Waals surface area contributed by atoms with Crippen LogP contribution in [0.4, 0.5) is 5.95 Å². The first-order valence-corrected chi connectivity index (χ1v) is 6.29. The SMILES string of the molecule is CCOc1ccccc1CSc1n[nH]c(N)n1. The number of ether oxygens (including phenoxy) is 1. The number of aromatic amines is 1. The van der Waals surface area contributed by atoms with Gasteiger partial charge in [0.15, 0.2) is 0 Å². The molecule has 6 heteroatoms. The van der Waals surface area contributed by atoms with Crippen LogP contribution in [0.25, 0.3) is 0 Å². The molecule has 0 fully saturated rings. The molecule has 0 aliphatic rings. The minimum Gasteiger partial charge on any atom is -0.494 e. The van der Waals surface area contributed by atoms with Gasteiger partial charge in [-0.15, -0.1) is 5.10 Å². The monoisotopic (exact) mass is 250 g/mol. The molecule has 0 radical (unpaired) electrons. The van der Waals surface area contributed by atoms with Crippen molar-refractivity contribution in [3.63, 3.8) is 0 Å². The molecule has 0 unspecified atom stereocenters. The van der Waals surface area contributed by atoms with Crippen LogP contribution in [-0.4, -0.2) is 21.8 Å². The number of nitrogen functional groups attached to an aromatic ring is 1. The Morgan fingerprint density at radius 1 is 1.41 bits per heavy atom. The van der Waals surface area contributed by atoms with Gasteiger partial charge in [-0.25, -0.2) is 5.10 Å². The van der Waals surface area contributed by atoms with Crippen molar-refractivity contribution >= 4 is 17.7 Å². The maximum absolute atomic E-state index is 5.54. The van der Waals surface area contributed by atoms with Gasteiger partial charge in [0, 0.05) is 11.3 Å². The number of aromatic nitrogens is 3. The molecule has 5 nitrogen and oxygen atoms in total. The van der Waals surface area contributed by atoms with Crippen molar-refractivity contribution in [1.82, 2.24) is 15.2 Å². The molecule has 2 rings (SSSR count). The molecule has 90 valence electrons. The summed E-state index contributed by atoms with van der Waals surface area (Å²) in [7, 11) is 0. The number of nitrogens with zero attached hydrogens (tertiary/aromatic N) is 2. The van der Waals surface area contributed by atoms with Crippen LogP contribution in [0, 0.1) is 0 Å². The molecule has 1 aromatic carbocycles. The number of hydrogen-bond donors (Lipinski definition) is 2. The number of rotatable bonds is 5. The Labute approximate surface area is 104 Å². The third-order valence-corrected chi connectivity index (χ3v) is 3.01. The normalized spacial score (nSPS) is 10.4. The fourth-order valence-corrected chi connectivity index (χ4v) is 2.18. The number of nitrogens with one attached hydrogen (secondary N) is 1. The Morgan fingerprint density at radius 2 is 2.24 bits per heavy atom. The van der Waals surface area contributed by atoms with Crippen LogP contribution in [0.15, 0.2) is 29.4 Å². The molecule has 0 amide bonds. The number of H-pyrrole nitrogens is 1. The van der Waals surface area contributed by atoms with E-state index in [4.69, 9.17) is 10.5 Å². The molecule has 0 aliphatic heterocycles. The van der Waals surface area contributed by atoms with Gasteiger partial charge in [-0.05, 0) is 13.0 Å². The largest absolute Gasteiger partial charge is 0.494 e. The topological polar surface area (TPSA) is 76.8 Å². The van der Waals surface area contributed by atoms with E-state index in [1.54, 1.807) is 0 Å². The second kappa shape index (κ2) is 5.58. The highest BCUT2D eigenvalue weighted by Crippen LogP contribution is 2.26. The van der Waals surface area contributed by atoms with E-state index in [-0.39, 0.29) is 0 Å². The highest BCUT2D eigenvalue weighted by Gasteiger charge is 2.06. The van der Waals surface area contributed by atoms with E-state index in [0.29, 0.717) is 17.7 Å². The molecule has 1 heterocycles. The quantitative estimate of drug-likeness (QED) is 0.794. The van der Waals surface area contributed by atoms with Gasteiger partial charge >= 0.3 is 0 Å². The summed E-state index contributed by atoms with van der Waals surface area (Å²) >= 11 is 1.52. The van der Waals surface area contributed by atoms with Crippen LogP contribution in [0.1, 0.15) is 12.5 Å². The lowest BCUT2D eigenvalue weighted by atomic mass is 10.2. The summed E-state index contributed by atoms with van der Waals surface area (Å²) in [5.74, 6) is 2.00. The Balaban J connectivity index is 2.03. The zero-order valence-electron chi connectivity index (χ0n) is 9.51. The van der Waals surface area contributed by atoms with Gasteiger partial charge in [0.05, 0.1) is 6.61 Å². The van der Waals surface area contributed by atoms with Crippen molar-refractivity contribution in [1.29, 1.82) is 0 Å². The molecular weight excluding hydrogens is 236 g/mol. The molecule has 17 heavy (non-hydrogen) atoms. The molecule has 0 atom stereocenters. The third kappa shape index (κ3) is 3.13. The highest BCUT2D eigenvalue weighted by atomic mass is 32.2. The first kappa shape index (κ1) is 11.8. The summed E-state index contributed by atoms with van der Waals surface area (Å²) in [5.41, 5.74) is 6.59. The van der Waals surface area contributed by atoms with E-state index in [2.05, 4.69) is 15.2 Å². The average Bonchev–Trinajstić information content (AvgIpc) is 2.74. The van der Waals surface area contributed by atoms with Crippen molar-refractivity contribution in [2.45, 2.75) is 17.8 Å². The fourth-order valence-electron chi connectivity index (χ4n) is 1.38. The van der Waals surface area contributed by atoms with Crippen LogP contribution in [0.3, 0.4) is 0 Å². The summed E-state index contributed by atoms with van der Waals surface area (Å²) < 4.78 is 5.54. The lowest BCUT2D eigenvalue weighted by Crippen LogP contribution is -1.95. The lowest BCUT2D eigenvalue weighted by molar-refractivity contribution is 0.337. The van der Waals surface area contributed by atoms with Gasteiger partial charge in [-0.1, -0.05) is 30.0 Å². The zero-order valence-corrected chi connectivity index (χ0v) is 10.3. The number of para-hydroxylation sites is 1. The van der Waals surface area contributed by atoms with Gasteiger partial charge in [-0.2, -0.15) is 4.98 Å². The van der Waals surface area contributed by atoms with Gasteiger partial charge in [0.1, 0.15) is 5.75 Å². The number of benzene rings is 1. The number of anilines is 1. The molecule has 2 aromatic rings. The van der Waals surface area contributed by atoms with Gasteiger partial charge < -0.3 is 10.5 Å². The van der Waals surface area contributed by atoms with Crippen LogP contribution in [-0.2, 0) is 5.75 Å². The standard InChI is InChI=1S/C11H14N4OS/c1-2-16-9-6-4-3-5-8(9)7-17-11-13-10(12)14-15-11/h3-6H,2,7H2,1H3,(H3,12,13,14,15). The summed E-state index contributed by atoms with van der Waals surface area (Å²) in [6.07, 6.45) is 0. The summed E-state index contributed by atoms with van der Waals surface area (Å²) in [6.45, 7) is 2.63. The van der Waals surface area contributed by atoms with Crippen LogP contribution in [0.5, 0.6) is 5.75 Å². The molecular formula is C11H14N4OS. The van der Waals surface area contributed by atoms with E-state index >= 15 is 0 Å². The fraction of sp³-hybridized carbons (Fsp3) is 0.273. The minimum absolute atomic E-state index is 0.339. The predicted octanol–water partition coefficient (Wildman–Crippen LogP) is 2.08. The Morgan fingerprint density at radius 3 is 2.94 bits per heavy atom. The average molecular weight is 250 g/mol. The van der Waals surface area contributed by atoms with Crippen molar-refractivity contribution < 1.29 is 4.74 Å². The Hall–Kier alpha value is -1.69. The van der Waals surface area contributed by atoms with E-state index < -0.39 is 0 Å². The smallest absolute Gasteiger partial charge is 0.216 e. The minimum atomic E-state index is 0.339. The van der Waals surface area contributed by atoms with E-state index in [0.717, 1.165) is 17.1 Å².